The van der Waals surface area contributed by atoms with Crippen molar-refractivity contribution in [3.8, 4) is 0 Å². The van der Waals surface area contributed by atoms with Crippen molar-refractivity contribution in [2.75, 3.05) is 47.1 Å². The predicted molar refractivity (Wildman–Crippen MR) is 128 cm³/mol. The molecule has 0 aliphatic carbocycles. The van der Waals surface area contributed by atoms with Gasteiger partial charge in [-0.1, -0.05) is 18.2 Å². The highest BCUT2D eigenvalue weighted by Crippen LogP contribution is 2.42. The first-order valence-electron chi connectivity index (χ1n) is 10.1. The summed E-state index contributed by atoms with van der Waals surface area (Å²) < 4.78 is 27.5. The topological polar surface area (TPSA) is 82.1 Å². The highest BCUT2D eigenvalue weighted by Gasteiger charge is 2.33. The molecule has 1 fully saturated rings. The summed E-state index contributed by atoms with van der Waals surface area (Å²) in [7, 11) is -3.40. The van der Waals surface area contributed by atoms with Crippen molar-refractivity contribution < 1.29 is 13.2 Å². The predicted octanol–water partition coefficient (Wildman–Crippen LogP) is 3.10. The van der Waals surface area contributed by atoms with E-state index in [0.29, 0.717) is 17.3 Å². The highest BCUT2D eigenvalue weighted by molar-refractivity contribution is 8.15. The second-order valence-corrected chi connectivity index (χ2v) is 11.6. The van der Waals surface area contributed by atoms with Gasteiger partial charge < -0.3 is 10.2 Å². The number of hydrogen-bond donors (Lipinski definition) is 1. The van der Waals surface area contributed by atoms with E-state index >= 15 is 0 Å². The zero-order chi connectivity index (χ0) is 21.4. The Labute approximate surface area is 190 Å². The number of fused-ring (bicyclic) bond motifs is 3. The summed E-state index contributed by atoms with van der Waals surface area (Å²) in [4.78, 5) is 18.2. The number of para-hydroxylation sites is 1. The maximum Gasteiger partial charge on any atom is 0.257 e. The van der Waals surface area contributed by atoms with Crippen LogP contribution in [0.5, 0.6) is 0 Å². The van der Waals surface area contributed by atoms with Crippen LogP contribution in [0, 0.1) is 0 Å². The number of nitrogens with zero attached hydrogens (tertiary/aromatic N) is 3. The highest BCUT2D eigenvalue weighted by atomic mass is 32.2. The van der Waals surface area contributed by atoms with Crippen LogP contribution in [-0.2, 0) is 16.6 Å². The molecule has 162 valence electrons. The smallest absolute Gasteiger partial charge is 0.257 e. The molecule has 5 rings (SSSR count). The molecule has 3 aliphatic heterocycles. The number of rotatable bonds is 4. The van der Waals surface area contributed by atoms with Crippen molar-refractivity contribution in [2.45, 2.75) is 11.4 Å². The zero-order valence-corrected chi connectivity index (χ0v) is 19.2. The maximum atomic E-state index is 13.0. The fourth-order valence-electron chi connectivity index (χ4n) is 3.85. The lowest BCUT2D eigenvalue weighted by molar-refractivity contribution is 0.102. The maximum absolute atomic E-state index is 13.0. The first-order chi connectivity index (χ1) is 15.0. The lowest BCUT2D eigenvalue weighted by Gasteiger charge is -2.27. The summed E-state index contributed by atoms with van der Waals surface area (Å²) in [6.07, 6.45) is 0. The third-order valence-electron chi connectivity index (χ3n) is 5.50. The van der Waals surface area contributed by atoms with Gasteiger partial charge in [-0.2, -0.15) is 11.8 Å². The molecular weight excluding hydrogens is 452 g/mol. The Hall–Kier alpha value is -2.01. The molecule has 2 aromatic rings. The first-order valence-corrected chi connectivity index (χ1v) is 13.7. The van der Waals surface area contributed by atoms with Crippen molar-refractivity contribution in [2.24, 2.45) is 4.40 Å². The number of carbonyl (C=O) groups is 1. The van der Waals surface area contributed by atoms with Crippen LogP contribution in [-0.4, -0.2) is 61.3 Å². The standard InChI is InChI=1S/C21H22N4O3S3/c26-20(22-17-4-2-1-3-16(17)14-24-7-10-29-11-8-24)15-5-6-18-19(13-15)30-21-23-31(27,28)12-9-25(18)21/h1-6,13H,7-12,14H2,(H,22,26). The van der Waals surface area contributed by atoms with Gasteiger partial charge in [0.05, 0.1) is 11.4 Å². The molecule has 2 aromatic carbocycles. The van der Waals surface area contributed by atoms with Crippen LogP contribution in [0.2, 0.25) is 0 Å². The van der Waals surface area contributed by atoms with Gasteiger partial charge in [0.25, 0.3) is 15.9 Å². The van der Waals surface area contributed by atoms with E-state index in [-0.39, 0.29) is 11.7 Å². The van der Waals surface area contributed by atoms with E-state index in [1.807, 2.05) is 47.0 Å². The van der Waals surface area contributed by atoms with E-state index in [1.54, 1.807) is 6.07 Å². The van der Waals surface area contributed by atoms with Gasteiger partial charge in [-0.25, -0.2) is 8.42 Å². The van der Waals surface area contributed by atoms with Crippen LogP contribution >= 0.6 is 23.5 Å². The molecular formula is C21H22N4O3S3. The van der Waals surface area contributed by atoms with Gasteiger partial charge in [0.2, 0.25) is 0 Å². The summed E-state index contributed by atoms with van der Waals surface area (Å²) in [5, 5.41) is 3.53. The van der Waals surface area contributed by atoms with E-state index in [9.17, 15) is 13.2 Å². The number of amides is 1. The fraction of sp³-hybridized carbons (Fsp3) is 0.333. The quantitative estimate of drug-likeness (QED) is 0.729. The molecule has 0 radical (unpaired) electrons. The Kier molecular flexibility index (Phi) is 5.72. The number of amidine groups is 1. The summed E-state index contributed by atoms with van der Waals surface area (Å²) in [5.74, 6) is 2.12. The molecule has 1 saturated heterocycles. The van der Waals surface area contributed by atoms with Crippen molar-refractivity contribution in [3.63, 3.8) is 0 Å². The van der Waals surface area contributed by atoms with Crippen LogP contribution in [0.15, 0.2) is 51.8 Å². The van der Waals surface area contributed by atoms with E-state index in [0.717, 1.165) is 53.0 Å². The second-order valence-electron chi connectivity index (χ2n) is 7.60. The average molecular weight is 475 g/mol. The molecule has 0 saturated carbocycles. The monoisotopic (exact) mass is 474 g/mol. The number of anilines is 2. The number of nitrogens with one attached hydrogen (secondary N) is 1. The van der Waals surface area contributed by atoms with Gasteiger partial charge in [-0.05, 0) is 41.6 Å². The van der Waals surface area contributed by atoms with Crippen molar-refractivity contribution in [3.05, 3.63) is 53.6 Å². The SMILES string of the molecule is O=C(Nc1ccccc1CN1CCSCC1)c1ccc2c(c1)SC1=NS(=O)(=O)CCN12. The molecule has 1 amide bonds. The average Bonchev–Trinajstić information content (AvgIpc) is 3.11. The van der Waals surface area contributed by atoms with E-state index in [1.165, 1.54) is 11.8 Å². The molecule has 0 aromatic heterocycles. The molecule has 10 heteroatoms. The van der Waals surface area contributed by atoms with Crippen molar-refractivity contribution >= 4 is 56.0 Å². The van der Waals surface area contributed by atoms with Crippen molar-refractivity contribution in [1.29, 1.82) is 0 Å². The third kappa shape index (κ3) is 4.48. The summed E-state index contributed by atoms with van der Waals surface area (Å²) in [6, 6.07) is 13.4. The first kappa shape index (κ1) is 20.9. The molecule has 7 nitrogen and oxygen atoms in total. The largest absolute Gasteiger partial charge is 0.322 e. The lowest BCUT2D eigenvalue weighted by Crippen LogP contribution is -2.35. The van der Waals surface area contributed by atoms with Gasteiger partial charge in [0, 0.05) is 53.8 Å². The number of thioether (sulfide) groups is 2. The van der Waals surface area contributed by atoms with Gasteiger partial charge >= 0.3 is 0 Å². The Bertz CT molecular complexity index is 1160. The summed E-state index contributed by atoms with van der Waals surface area (Å²) >= 11 is 3.27. The minimum atomic E-state index is -3.40. The fourth-order valence-corrected chi connectivity index (χ4v) is 7.12. The van der Waals surface area contributed by atoms with Crippen LogP contribution < -0.4 is 10.2 Å². The van der Waals surface area contributed by atoms with Gasteiger partial charge in [-0.3, -0.25) is 9.69 Å². The molecule has 0 unspecified atom stereocenters. The second kappa shape index (κ2) is 8.50. The number of sulfonamides is 1. The van der Waals surface area contributed by atoms with E-state index in [4.69, 9.17) is 0 Å². The number of carbonyl (C=O) groups excluding carboxylic acids is 1. The normalized spacial score (nSPS) is 20.0. The van der Waals surface area contributed by atoms with Crippen LogP contribution in [0.4, 0.5) is 11.4 Å². The molecule has 0 atom stereocenters. The van der Waals surface area contributed by atoms with Crippen molar-refractivity contribution in [1.82, 2.24) is 4.90 Å². The van der Waals surface area contributed by atoms with Gasteiger partial charge in [0.1, 0.15) is 0 Å². The molecule has 3 aliphatic rings. The van der Waals surface area contributed by atoms with E-state index in [2.05, 4.69) is 20.7 Å². The Balaban J connectivity index is 1.34. The third-order valence-corrected chi connectivity index (χ3v) is 8.75. The Morgan fingerprint density at radius 2 is 1.90 bits per heavy atom. The molecule has 31 heavy (non-hydrogen) atoms. The molecule has 1 N–H and O–H groups in total. The van der Waals surface area contributed by atoms with Gasteiger partial charge in [0.15, 0.2) is 5.17 Å². The number of benzene rings is 2. The van der Waals surface area contributed by atoms with E-state index < -0.39 is 10.0 Å². The zero-order valence-electron chi connectivity index (χ0n) is 16.8. The molecule has 0 bridgehead atoms. The minimum absolute atomic E-state index is 0.00519. The molecule has 3 heterocycles. The minimum Gasteiger partial charge on any atom is -0.322 e. The Morgan fingerprint density at radius 3 is 2.74 bits per heavy atom. The van der Waals surface area contributed by atoms with Crippen LogP contribution in [0.25, 0.3) is 0 Å². The molecule has 0 spiro atoms. The summed E-state index contributed by atoms with van der Waals surface area (Å²) in [5.41, 5.74) is 3.37. The Morgan fingerprint density at radius 1 is 1.10 bits per heavy atom. The van der Waals surface area contributed by atoms with Crippen LogP contribution in [0.3, 0.4) is 0 Å². The van der Waals surface area contributed by atoms with Gasteiger partial charge in [-0.15, -0.1) is 4.40 Å². The lowest BCUT2D eigenvalue weighted by atomic mass is 10.1. The summed E-state index contributed by atoms with van der Waals surface area (Å²) in [6.45, 7) is 3.33. The number of hydrogen-bond acceptors (Lipinski definition) is 7. The van der Waals surface area contributed by atoms with Crippen LogP contribution in [0.1, 0.15) is 15.9 Å².